The van der Waals surface area contributed by atoms with E-state index in [9.17, 15) is 10.2 Å². The Balaban J connectivity index is 2.06. The number of hydrogen-bond donors (Lipinski definition) is 2. The van der Waals surface area contributed by atoms with E-state index in [2.05, 4.69) is 0 Å². The van der Waals surface area contributed by atoms with Crippen molar-refractivity contribution in [3.05, 3.63) is 59.7 Å². The largest absolute Gasteiger partial charge is 0.497 e. The van der Waals surface area contributed by atoms with Crippen molar-refractivity contribution in [3.8, 4) is 11.5 Å². The van der Waals surface area contributed by atoms with Gasteiger partial charge in [0, 0.05) is 13.5 Å². The van der Waals surface area contributed by atoms with E-state index in [0.29, 0.717) is 17.1 Å². The van der Waals surface area contributed by atoms with Gasteiger partial charge in [0.25, 0.3) is 0 Å². The topological polar surface area (TPSA) is 68.2 Å². The molecule has 2 N–H and O–H groups in total. The van der Waals surface area contributed by atoms with Gasteiger partial charge in [0.05, 0.1) is 13.2 Å². The molecule has 5 nitrogen and oxygen atoms in total. The maximum Gasteiger partial charge on any atom is 0.188 e. The number of para-hydroxylation sites is 1. The summed E-state index contributed by atoms with van der Waals surface area (Å²) in [6, 6.07) is 14.3. The number of aliphatic hydroxyl groups is 2. The summed E-state index contributed by atoms with van der Waals surface area (Å²) in [5.41, 5.74) is 1.44. The summed E-state index contributed by atoms with van der Waals surface area (Å²) in [7, 11) is 3.13. The Morgan fingerprint density at radius 1 is 0.957 bits per heavy atom. The van der Waals surface area contributed by atoms with E-state index in [1.807, 2.05) is 18.2 Å². The van der Waals surface area contributed by atoms with Crippen LogP contribution in [-0.4, -0.2) is 37.3 Å². The predicted octanol–water partition coefficient (Wildman–Crippen LogP) is 2.31. The molecular formula is C18H22O5. The van der Waals surface area contributed by atoms with Gasteiger partial charge in [0.2, 0.25) is 0 Å². The van der Waals surface area contributed by atoms with Crippen LogP contribution in [0.1, 0.15) is 17.2 Å². The number of rotatable bonds is 8. The third-order valence-electron chi connectivity index (χ3n) is 3.56. The first-order valence-electron chi connectivity index (χ1n) is 7.35. The number of ether oxygens (including phenoxy) is 3. The molecule has 2 aromatic rings. The highest BCUT2D eigenvalue weighted by Gasteiger charge is 2.20. The zero-order valence-corrected chi connectivity index (χ0v) is 13.3. The number of methoxy groups -OCH3 is 2. The Morgan fingerprint density at radius 3 is 2.30 bits per heavy atom. The molecule has 2 aromatic carbocycles. The smallest absolute Gasteiger partial charge is 0.188 e. The van der Waals surface area contributed by atoms with Crippen LogP contribution in [0, 0.1) is 0 Å². The Labute approximate surface area is 136 Å². The maximum atomic E-state index is 10.3. The van der Waals surface area contributed by atoms with Gasteiger partial charge < -0.3 is 24.4 Å². The van der Waals surface area contributed by atoms with Gasteiger partial charge in [-0.15, -0.1) is 0 Å². The molecule has 0 radical (unpaired) electrons. The van der Waals surface area contributed by atoms with Gasteiger partial charge in [-0.25, -0.2) is 0 Å². The van der Waals surface area contributed by atoms with Crippen LogP contribution >= 0.6 is 0 Å². The van der Waals surface area contributed by atoms with Crippen LogP contribution in [0.15, 0.2) is 48.5 Å². The van der Waals surface area contributed by atoms with Crippen molar-refractivity contribution >= 4 is 0 Å². The van der Waals surface area contributed by atoms with Crippen molar-refractivity contribution in [1.29, 1.82) is 0 Å². The van der Waals surface area contributed by atoms with Crippen LogP contribution in [0.25, 0.3) is 0 Å². The monoisotopic (exact) mass is 318 g/mol. The molecule has 0 saturated carbocycles. The summed E-state index contributed by atoms with van der Waals surface area (Å²) in [5.74, 6) is 1.34. The van der Waals surface area contributed by atoms with Gasteiger partial charge in [-0.3, -0.25) is 0 Å². The molecule has 2 rings (SSSR count). The quantitative estimate of drug-likeness (QED) is 0.731. The van der Waals surface area contributed by atoms with Gasteiger partial charge in [0.1, 0.15) is 17.6 Å². The minimum Gasteiger partial charge on any atom is -0.497 e. The molecule has 0 unspecified atom stereocenters. The average molecular weight is 318 g/mol. The van der Waals surface area contributed by atoms with Gasteiger partial charge >= 0.3 is 0 Å². The molecule has 0 aliphatic heterocycles. The zero-order valence-electron chi connectivity index (χ0n) is 13.3. The molecule has 2 atom stereocenters. The summed E-state index contributed by atoms with van der Waals surface area (Å²) >= 11 is 0. The van der Waals surface area contributed by atoms with E-state index in [1.54, 1.807) is 44.6 Å². The first kappa shape index (κ1) is 17.3. The summed E-state index contributed by atoms with van der Waals surface area (Å²) in [5, 5.41) is 20.7. The average Bonchev–Trinajstić information content (AvgIpc) is 2.60. The van der Waals surface area contributed by atoms with E-state index in [1.165, 1.54) is 0 Å². The number of aliphatic hydroxyl groups excluding tert-OH is 2. The van der Waals surface area contributed by atoms with Crippen molar-refractivity contribution in [2.45, 2.75) is 18.6 Å². The Hall–Kier alpha value is -2.08. The third-order valence-corrected chi connectivity index (χ3v) is 3.56. The number of benzene rings is 2. The molecule has 0 fully saturated rings. The molecule has 0 amide bonds. The van der Waals surface area contributed by atoms with Gasteiger partial charge in [-0.05, 0) is 29.3 Å². The summed E-state index contributed by atoms with van der Waals surface area (Å²) in [4.78, 5) is 0. The lowest BCUT2D eigenvalue weighted by molar-refractivity contribution is 0.0171. The van der Waals surface area contributed by atoms with Crippen molar-refractivity contribution in [3.63, 3.8) is 0 Å². The van der Waals surface area contributed by atoms with Crippen LogP contribution in [-0.2, 0) is 11.2 Å². The molecule has 23 heavy (non-hydrogen) atoms. The van der Waals surface area contributed by atoms with Crippen molar-refractivity contribution in [1.82, 2.24) is 0 Å². The van der Waals surface area contributed by atoms with Crippen LogP contribution in [0.3, 0.4) is 0 Å². The summed E-state index contributed by atoms with van der Waals surface area (Å²) in [6.45, 7) is 0.133. The second-order valence-corrected chi connectivity index (χ2v) is 5.15. The molecular weight excluding hydrogens is 296 g/mol. The summed E-state index contributed by atoms with van der Waals surface area (Å²) < 4.78 is 15.5. The standard InChI is InChI=1S/C18H22O5/c1-21-12-23-17-6-4-3-5-14(17)11-16(19)18(20)13-7-9-15(22-2)10-8-13/h3-10,16,18-20H,11-12H2,1-2H3/t16-,18-/m1/s1. The van der Waals surface area contributed by atoms with E-state index >= 15 is 0 Å². The molecule has 5 heteroatoms. The van der Waals surface area contributed by atoms with Gasteiger partial charge in [-0.2, -0.15) is 0 Å². The number of hydrogen-bond acceptors (Lipinski definition) is 5. The lowest BCUT2D eigenvalue weighted by Gasteiger charge is -2.20. The lowest BCUT2D eigenvalue weighted by Crippen LogP contribution is -2.21. The Bertz CT molecular complexity index is 597. The second kappa shape index (κ2) is 8.53. The van der Waals surface area contributed by atoms with Crippen molar-refractivity contribution in [2.75, 3.05) is 21.0 Å². The van der Waals surface area contributed by atoms with Crippen LogP contribution < -0.4 is 9.47 Å². The first-order valence-corrected chi connectivity index (χ1v) is 7.35. The minimum atomic E-state index is -0.989. The van der Waals surface area contributed by atoms with E-state index in [-0.39, 0.29) is 13.2 Å². The molecule has 0 spiro atoms. The zero-order chi connectivity index (χ0) is 16.7. The van der Waals surface area contributed by atoms with Crippen LogP contribution in [0.2, 0.25) is 0 Å². The van der Waals surface area contributed by atoms with E-state index in [4.69, 9.17) is 14.2 Å². The van der Waals surface area contributed by atoms with Crippen LogP contribution in [0.4, 0.5) is 0 Å². The summed E-state index contributed by atoms with van der Waals surface area (Å²) in [6.07, 6.45) is -1.67. The third kappa shape index (κ3) is 4.69. The Kier molecular flexibility index (Phi) is 6.40. The van der Waals surface area contributed by atoms with Crippen molar-refractivity contribution in [2.24, 2.45) is 0 Å². The first-order chi connectivity index (χ1) is 11.2. The van der Waals surface area contributed by atoms with Gasteiger partial charge in [-0.1, -0.05) is 30.3 Å². The SMILES string of the molecule is COCOc1ccccc1C[C@@H](O)[C@H](O)c1ccc(OC)cc1. The highest BCUT2D eigenvalue weighted by Crippen LogP contribution is 2.25. The maximum absolute atomic E-state index is 10.3. The normalized spacial score (nSPS) is 13.4. The molecule has 0 aromatic heterocycles. The Morgan fingerprint density at radius 2 is 1.65 bits per heavy atom. The van der Waals surface area contributed by atoms with Gasteiger partial charge in [0.15, 0.2) is 6.79 Å². The molecule has 0 heterocycles. The fourth-order valence-corrected chi connectivity index (χ4v) is 2.30. The molecule has 0 saturated heterocycles. The minimum absolute atomic E-state index is 0.133. The second-order valence-electron chi connectivity index (χ2n) is 5.15. The molecule has 124 valence electrons. The molecule has 0 aliphatic rings. The van der Waals surface area contributed by atoms with E-state index < -0.39 is 12.2 Å². The fraction of sp³-hybridized carbons (Fsp3) is 0.333. The molecule has 0 aliphatic carbocycles. The highest BCUT2D eigenvalue weighted by molar-refractivity contribution is 5.34. The van der Waals surface area contributed by atoms with Crippen LogP contribution in [0.5, 0.6) is 11.5 Å². The molecule has 0 bridgehead atoms. The lowest BCUT2D eigenvalue weighted by atomic mass is 9.98. The fourth-order valence-electron chi connectivity index (χ4n) is 2.30. The highest BCUT2D eigenvalue weighted by atomic mass is 16.7. The predicted molar refractivity (Wildman–Crippen MR) is 86.6 cm³/mol. The van der Waals surface area contributed by atoms with Crippen molar-refractivity contribution < 1.29 is 24.4 Å². The van der Waals surface area contributed by atoms with E-state index in [0.717, 1.165) is 5.56 Å².